The first-order valence-corrected chi connectivity index (χ1v) is 6.02. The van der Waals surface area contributed by atoms with Gasteiger partial charge in [0.05, 0.1) is 6.10 Å². The summed E-state index contributed by atoms with van der Waals surface area (Å²) < 4.78 is 0. The van der Waals surface area contributed by atoms with Crippen molar-refractivity contribution >= 4 is 17.4 Å². The Bertz CT molecular complexity index is 324. The molecular weight excluding hydrogens is 224 g/mol. The summed E-state index contributed by atoms with van der Waals surface area (Å²) in [4.78, 5) is 11.9. The number of ketones is 1. The fourth-order valence-electron chi connectivity index (χ4n) is 1.50. The van der Waals surface area contributed by atoms with E-state index >= 15 is 0 Å². The number of carbonyl (C=O) groups is 1. The Morgan fingerprint density at radius 3 is 2.56 bits per heavy atom. The molecule has 1 aromatic rings. The zero-order valence-corrected chi connectivity index (χ0v) is 10.2. The van der Waals surface area contributed by atoms with E-state index in [0.29, 0.717) is 12.0 Å². The average molecular weight is 241 g/mol. The van der Waals surface area contributed by atoms with Gasteiger partial charge < -0.3 is 5.11 Å². The van der Waals surface area contributed by atoms with Crippen LogP contribution in [0.3, 0.4) is 0 Å². The SMILES string of the molecule is CCCC[C@@H](O)[C@@H](Cl)C(=O)c1ccccc1. The normalized spacial score (nSPS) is 14.4. The highest BCUT2D eigenvalue weighted by Crippen LogP contribution is 2.15. The molecule has 1 aromatic carbocycles. The predicted molar refractivity (Wildman–Crippen MR) is 65.9 cm³/mol. The van der Waals surface area contributed by atoms with Crippen molar-refractivity contribution in [1.82, 2.24) is 0 Å². The molecule has 1 N–H and O–H groups in total. The number of alkyl halides is 1. The van der Waals surface area contributed by atoms with Crippen molar-refractivity contribution in [2.24, 2.45) is 0 Å². The first-order chi connectivity index (χ1) is 7.66. The van der Waals surface area contributed by atoms with Crippen molar-refractivity contribution in [2.45, 2.75) is 37.7 Å². The van der Waals surface area contributed by atoms with Crippen LogP contribution in [0.1, 0.15) is 36.5 Å². The smallest absolute Gasteiger partial charge is 0.183 e. The summed E-state index contributed by atoms with van der Waals surface area (Å²) in [6, 6.07) is 8.84. The Balaban J connectivity index is 2.60. The summed E-state index contributed by atoms with van der Waals surface area (Å²) in [7, 11) is 0. The third kappa shape index (κ3) is 3.62. The molecule has 0 bridgehead atoms. The summed E-state index contributed by atoms with van der Waals surface area (Å²) in [5.41, 5.74) is 0.554. The van der Waals surface area contributed by atoms with Crippen LogP contribution in [-0.2, 0) is 0 Å². The Morgan fingerprint density at radius 1 is 1.38 bits per heavy atom. The van der Waals surface area contributed by atoms with E-state index in [9.17, 15) is 9.90 Å². The van der Waals surface area contributed by atoms with Gasteiger partial charge >= 0.3 is 0 Å². The lowest BCUT2D eigenvalue weighted by atomic mass is 10.0. The number of carbonyl (C=O) groups excluding carboxylic acids is 1. The second-order valence-corrected chi connectivity index (χ2v) is 4.31. The van der Waals surface area contributed by atoms with Crippen LogP contribution in [0.15, 0.2) is 30.3 Å². The number of benzene rings is 1. The van der Waals surface area contributed by atoms with Gasteiger partial charge in [-0.05, 0) is 6.42 Å². The van der Waals surface area contributed by atoms with Crippen LogP contribution in [0.4, 0.5) is 0 Å². The molecule has 0 aliphatic rings. The highest BCUT2D eigenvalue weighted by atomic mass is 35.5. The number of halogens is 1. The fraction of sp³-hybridized carbons (Fsp3) is 0.462. The molecular formula is C13H17ClO2. The van der Waals surface area contributed by atoms with E-state index in [1.807, 2.05) is 13.0 Å². The summed E-state index contributed by atoms with van der Waals surface area (Å²) in [6.07, 6.45) is 1.69. The molecule has 3 heteroatoms. The number of hydrogen-bond donors (Lipinski definition) is 1. The second-order valence-electron chi connectivity index (χ2n) is 3.84. The van der Waals surface area contributed by atoms with E-state index in [0.717, 1.165) is 12.8 Å². The monoisotopic (exact) mass is 240 g/mol. The number of aliphatic hydroxyl groups is 1. The van der Waals surface area contributed by atoms with Gasteiger partial charge in [0.25, 0.3) is 0 Å². The van der Waals surface area contributed by atoms with Crippen LogP contribution in [-0.4, -0.2) is 22.4 Å². The molecule has 0 spiro atoms. The molecule has 2 atom stereocenters. The predicted octanol–water partition coefficient (Wildman–Crippen LogP) is 3.03. The van der Waals surface area contributed by atoms with E-state index in [1.54, 1.807) is 24.3 Å². The standard InChI is InChI=1S/C13H17ClO2/c1-2-3-9-11(15)12(14)13(16)10-7-5-4-6-8-10/h4-8,11-12,15H,2-3,9H2,1H3/t11-,12-/m1/s1. The van der Waals surface area contributed by atoms with Crippen LogP contribution in [0.2, 0.25) is 0 Å². The minimum Gasteiger partial charge on any atom is -0.391 e. The van der Waals surface area contributed by atoms with Crippen molar-refractivity contribution < 1.29 is 9.90 Å². The fourth-order valence-corrected chi connectivity index (χ4v) is 1.75. The van der Waals surface area contributed by atoms with E-state index in [1.165, 1.54) is 0 Å². The minimum absolute atomic E-state index is 0.203. The van der Waals surface area contributed by atoms with Crippen LogP contribution in [0.25, 0.3) is 0 Å². The molecule has 0 saturated carbocycles. The van der Waals surface area contributed by atoms with Crippen LogP contribution >= 0.6 is 11.6 Å². The number of rotatable bonds is 6. The molecule has 2 nitrogen and oxygen atoms in total. The largest absolute Gasteiger partial charge is 0.391 e. The van der Waals surface area contributed by atoms with Crippen LogP contribution < -0.4 is 0 Å². The van der Waals surface area contributed by atoms with Gasteiger partial charge in [-0.2, -0.15) is 0 Å². The maximum atomic E-state index is 11.9. The molecule has 0 heterocycles. The Hall–Kier alpha value is -0.860. The Kier molecular flexibility index (Phi) is 5.50. The van der Waals surface area contributed by atoms with Gasteiger partial charge in [-0.1, -0.05) is 50.1 Å². The first-order valence-electron chi connectivity index (χ1n) is 5.58. The molecule has 0 saturated heterocycles. The highest BCUT2D eigenvalue weighted by Gasteiger charge is 2.24. The van der Waals surface area contributed by atoms with Gasteiger partial charge in [0, 0.05) is 5.56 Å². The van der Waals surface area contributed by atoms with E-state index in [2.05, 4.69) is 0 Å². The zero-order valence-electron chi connectivity index (χ0n) is 9.40. The van der Waals surface area contributed by atoms with Crippen molar-refractivity contribution in [1.29, 1.82) is 0 Å². The quantitative estimate of drug-likeness (QED) is 0.613. The minimum atomic E-state index is -0.839. The van der Waals surface area contributed by atoms with Gasteiger partial charge in [0.15, 0.2) is 5.78 Å². The Morgan fingerprint density at radius 2 is 2.00 bits per heavy atom. The number of unbranched alkanes of at least 4 members (excludes halogenated alkanes) is 1. The molecule has 16 heavy (non-hydrogen) atoms. The molecule has 0 radical (unpaired) electrons. The third-order valence-corrected chi connectivity index (χ3v) is 2.99. The number of hydrogen-bond acceptors (Lipinski definition) is 2. The van der Waals surface area contributed by atoms with Gasteiger partial charge in [-0.25, -0.2) is 0 Å². The maximum absolute atomic E-state index is 11.9. The lowest BCUT2D eigenvalue weighted by molar-refractivity contribution is 0.0876. The molecule has 88 valence electrons. The van der Waals surface area contributed by atoms with Crippen LogP contribution in [0.5, 0.6) is 0 Å². The van der Waals surface area contributed by atoms with Gasteiger partial charge in [0.2, 0.25) is 0 Å². The van der Waals surface area contributed by atoms with E-state index in [4.69, 9.17) is 11.6 Å². The first kappa shape index (κ1) is 13.2. The second kappa shape index (κ2) is 6.66. The Labute approximate surface area is 101 Å². The van der Waals surface area contributed by atoms with E-state index in [-0.39, 0.29) is 5.78 Å². The summed E-state index contributed by atoms with van der Waals surface area (Å²) in [5, 5.41) is 8.89. The van der Waals surface area contributed by atoms with Crippen molar-refractivity contribution in [3.63, 3.8) is 0 Å². The van der Waals surface area contributed by atoms with E-state index < -0.39 is 11.5 Å². The molecule has 0 unspecified atom stereocenters. The molecule has 0 aliphatic heterocycles. The van der Waals surface area contributed by atoms with Crippen molar-refractivity contribution in [2.75, 3.05) is 0 Å². The summed E-state index contributed by atoms with van der Waals surface area (Å²) >= 11 is 5.95. The maximum Gasteiger partial charge on any atom is 0.183 e. The van der Waals surface area contributed by atoms with Gasteiger partial charge in [-0.15, -0.1) is 11.6 Å². The zero-order chi connectivity index (χ0) is 12.0. The van der Waals surface area contributed by atoms with Crippen LogP contribution in [0, 0.1) is 0 Å². The summed E-state index contributed by atoms with van der Waals surface area (Å²) in [5.74, 6) is -0.203. The number of aliphatic hydroxyl groups excluding tert-OH is 1. The third-order valence-electron chi connectivity index (χ3n) is 2.50. The van der Waals surface area contributed by atoms with Gasteiger partial charge in [0.1, 0.15) is 5.38 Å². The molecule has 0 aliphatic carbocycles. The molecule has 0 aromatic heterocycles. The topological polar surface area (TPSA) is 37.3 Å². The molecule has 0 fully saturated rings. The van der Waals surface area contributed by atoms with Crippen molar-refractivity contribution in [3.8, 4) is 0 Å². The lowest BCUT2D eigenvalue weighted by Gasteiger charge is -2.15. The van der Waals surface area contributed by atoms with Gasteiger partial charge in [-0.3, -0.25) is 4.79 Å². The average Bonchev–Trinajstić information content (AvgIpc) is 2.35. The number of Topliss-reactive ketones (excluding diaryl/α,β-unsaturated/α-hetero) is 1. The molecule has 0 amide bonds. The molecule has 1 rings (SSSR count). The highest BCUT2D eigenvalue weighted by molar-refractivity contribution is 6.34. The van der Waals surface area contributed by atoms with Crippen molar-refractivity contribution in [3.05, 3.63) is 35.9 Å². The lowest BCUT2D eigenvalue weighted by Crippen LogP contribution is -2.29. The summed E-state index contributed by atoms with van der Waals surface area (Å²) in [6.45, 7) is 2.04.